The Morgan fingerprint density at radius 1 is 0.409 bits per heavy atom. The second-order valence-electron chi connectivity index (χ2n) is 16.1. The molecule has 0 aromatic heterocycles. The van der Waals surface area contributed by atoms with Crippen LogP contribution in [-0.4, -0.2) is 117 Å². The van der Waals surface area contributed by atoms with Gasteiger partial charge < -0.3 is 39.1 Å². The maximum atomic E-state index is 12.7. The molecule has 14 heteroatoms. The highest BCUT2D eigenvalue weighted by Crippen LogP contribution is 2.47. The summed E-state index contributed by atoms with van der Waals surface area (Å²) in [6.45, 7) is 2.36. The molecule has 0 unspecified atom stereocenters. The Morgan fingerprint density at radius 2 is 0.652 bits per heavy atom. The van der Waals surface area contributed by atoms with Crippen molar-refractivity contribution in [3.63, 3.8) is 0 Å². The van der Waals surface area contributed by atoms with Crippen LogP contribution in [0, 0.1) is 0 Å². The Morgan fingerprint density at radius 3 is 0.864 bits per heavy atom. The summed E-state index contributed by atoms with van der Waals surface area (Å²) in [6.07, 6.45) is 3.19. The third kappa shape index (κ3) is 13.1. The lowest BCUT2D eigenvalue weighted by molar-refractivity contribution is 0.0956. The molecule has 2 aliphatic rings. The topological polar surface area (TPSA) is 182 Å². The Hall–Kier alpha value is -6.06. The minimum Gasteiger partial charge on any atom is -0.449 e. The Balaban J connectivity index is 0.000000247. The van der Waals surface area contributed by atoms with Gasteiger partial charge in [0.25, 0.3) is 0 Å². The number of benzene rings is 4. The Labute approximate surface area is 387 Å². The number of hydrogen-bond acceptors (Lipinski definition) is 12. The minimum absolute atomic E-state index is 0.0470. The summed E-state index contributed by atoms with van der Waals surface area (Å²) < 4.78 is 31.0. The van der Waals surface area contributed by atoms with Crippen LogP contribution in [0.2, 0.25) is 0 Å². The lowest BCUT2D eigenvalue weighted by Crippen LogP contribution is -2.22. The van der Waals surface area contributed by atoms with Gasteiger partial charge >= 0.3 is 12.2 Å². The van der Waals surface area contributed by atoms with Gasteiger partial charge in [-0.05, 0) is 94.5 Å². The van der Waals surface area contributed by atoms with Gasteiger partial charge in [0.2, 0.25) is 0 Å². The van der Waals surface area contributed by atoms with Gasteiger partial charge in [-0.15, -0.1) is 0 Å². The molecule has 4 aromatic rings. The van der Waals surface area contributed by atoms with Crippen molar-refractivity contribution in [2.24, 2.45) is 0 Å². The number of rotatable bonds is 24. The molecule has 2 amide bonds. The number of hydrogen-bond donors (Lipinski definition) is 2. The number of ketones is 4. The fraction of sp³-hybridized carbons (Fsp3) is 0.423. The van der Waals surface area contributed by atoms with Crippen LogP contribution < -0.4 is 10.6 Å². The quantitative estimate of drug-likeness (QED) is 0.0505. The first kappa shape index (κ1) is 50.9. The van der Waals surface area contributed by atoms with Crippen molar-refractivity contribution in [2.45, 2.75) is 63.2 Å². The molecule has 0 fully saturated rings. The van der Waals surface area contributed by atoms with Crippen molar-refractivity contribution in [1.82, 2.24) is 10.6 Å². The second-order valence-corrected chi connectivity index (χ2v) is 16.1. The summed E-state index contributed by atoms with van der Waals surface area (Å²) in [6, 6.07) is 22.7. The summed E-state index contributed by atoms with van der Waals surface area (Å²) in [5, 5.41) is 4.92. The van der Waals surface area contributed by atoms with Crippen LogP contribution >= 0.6 is 0 Å². The first-order valence-corrected chi connectivity index (χ1v) is 22.3. The number of fused-ring (bicyclic) bond motifs is 6. The van der Waals surface area contributed by atoms with Crippen LogP contribution in [0.5, 0.6) is 0 Å². The maximum Gasteiger partial charge on any atom is 0.406 e. The third-order valence-corrected chi connectivity index (χ3v) is 11.8. The number of carbonyl (C=O) groups excluding carboxylic acids is 6. The van der Waals surface area contributed by atoms with E-state index in [0.717, 1.165) is 44.5 Å². The van der Waals surface area contributed by atoms with Gasteiger partial charge in [0.15, 0.2) is 23.1 Å². The van der Waals surface area contributed by atoms with Crippen molar-refractivity contribution < 1.29 is 57.2 Å². The van der Waals surface area contributed by atoms with Gasteiger partial charge in [-0.2, -0.15) is 0 Å². The molecular formula is C52H62N2O12. The number of carbonyl (C=O) groups is 6. The molecule has 2 aliphatic carbocycles. The van der Waals surface area contributed by atoms with Gasteiger partial charge in [0.1, 0.15) is 13.2 Å². The zero-order valence-electron chi connectivity index (χ0n) is 38.9. The highest BCUT2D eigenvalue weighted by atomic mass is 16.6. The summed E-state index contributed by atoms with van der Waals surface area (Å²) in [5.41, 5.74) is 10.2. The van der Waals surface area contributed by atoms with Crippen molar-refractivity contribution in [3.05, 3.63) is 117 Å². The predicted molar refractivity (Wildman–Crippen MR) is 250 cm³/mol. The summed E-state index contributed by atoms with van der Waals surface area (Å²) in [7, 11) is 9.48. The molecule has 0 heterocycles. The smallest absolute Gasteiger partial charge is 0.406 e. The van der Waals surface area contributed by atoms with Crippen LogP contribution in [-0.2, 0) is 28.4 Å². The van der Waals surface area contributed by atoms with Crippen LogP contribution in [0.1, 0.15) is 127 Å². The number of alkyl carbamates (subject to hydrolysis) is 2. The van der Waals surface area contributed by atoms with Crippen LogP contribution in [0.15, 0.2) is 72.8 Å². The van der Waals surface area contributed by atoms with Crippen LogP contribution in [0.3, 0.4) is 0 Å². The van der Waals surface area contributed by atoms with Crippen molar-refractivity contribution in [2.75, 3.05) is 82.2 Å². The summed E-state index contributed by atoms with van der Waals surface area (Å²) in [5.74, 6) is -0.329. The molecular weight excluding hydrogens is 845 g/mol. The average Bonchev–Trinajstić information content (AvgIpc) is 3.82. The second kappa shape index (κ2) is 25.6. The number of amides is 2. The zero-order chi connectivity index (χ0) is 47.6. The third-order valence-electron chi connectivity index (χ3n) is 11.8. The van der Waals surface area contributed by atoms with E-state index >= 15 is 0 Å². The van der Waals surface area contributed by atoms with E-state index in [1.165, 1.54) is 14.1 Å². The number of nitrogens with one attached hydrogen (secondary N) is 2. The molecule has 0 saturated carbocycles. The van der Waals surface area contributed by atoms with Crippen LogP contribution in [0.4, 0.5) is 9.59 Å². The molecule has 0 bridgehead atoms. The molecule has 66 heavy (non-hydrogen) atoms. The zero-order valence-corrected chi connectivity index (χ0v) is 38.9. The average molecular weight is 907 g/mol. The molecule has 2 N–H and O–H groups in total. The van der Waals surface area contributed by atoms with Gasteiger partial charge in [-0.3, -0.25) is 19.2 Å². The first-order chi connectivity index (χ1) is 32.0. The van der Waals surface area contributed by atoms with Gasteiger partial charge in [-0.1, -0.05) is 48.5 Å². The van der Waals surface area contributed by atoms with E-state index in [2.05, 4.69) is 10.6 Å². The fourth-order valence-corrected chi connectivity index (χ4v) is 8.32. The number of Topliss-reactive ketones (excluding diaryl/α,β-unsaturated/α-hetero) is 4. The minimum atomic E-state index is -0.524. The molecule has 0 radical (unpaired) electrons. The summed E-state index contributed by atoms with van der Waals surface area (Å²) in [4.78, 5) is 74.2. The SMILES string of the molecule is CNC(=O)OCC1c2cc(C(=O)CCCOC)ccc2-c2ccc(C(=O)CCCOC)cc21.CNC(=O)OCC1c2cc(C(=O)CCCOC)ccc2-c2ccc(C(=O)CCCOC)cc21. The summed E-state index contributed by atoms with van der Waals surface area (Å²) >= 11 is 0. The van der Waals surface area contributed by atoms with E-state index < -0.39 is 12.2 Å². The van der Waals surface area contributed by atoms with Gasteiger partial charge in [0, 0.05) is 129 Å². The largest absolute Gasteiger partial charge is 0.449 e. The lowest BCUT2D eigenvalue weighted by atomic mass is 9.93. The predicted octanol–water partition coefficient (Wildman–Crippen LogP) is 8.75. The Bertz CT molecular complexity index is 2050. The highest BCUT2D eigenvalue weighted by Gasteiger charge is 2.33. The molecule has 4 aromatic carbocycles. The fourth-order valence-electron chi connectivity index (χ4n) is 8.32. The van der Waals surface area contributed by atoms with Crippen molar-refractivity contribution in [1.29, 1.82) is 0 Å². The molecule has 14 nitrogen and oxygen atoms in total. The molecule has 352 valence electrons. The van der Waals surface area contributed by atoms with E-state index in [-0.39, 0.29) is 48.2 Å². The Kier molecular flexibility index (Phi) is 19.7. The van der Waals surface area contributed by atoms with E-state index in [1.807, 2.05) is 72.8 Å². The molecule has 0 atom stereocenters. The van der Waals surface area contributed by atoms with E-state index in [4.69, 9.17) is 28.4 Å². The number of ether oxygens (including phenoxy) is 6. The highest BCUT2D eigenvalue weighted by molar-refractivity contribution is 6.01. The van der Waals surface area contributed by atoms with Gasteiger partial charge in [0.05, 0.1) is 0 Å². The molecule has 0 aliphatic heterocycles. The normalized spacial score (nSPS) is 12.2. The van der Waals surface area contributed by atoms with E-state index in [0.29, 0.717) is 100 Å². The molecule has 6 rings (SSSR count). The monoisotopic (exact) mass is 906 g/mol. The molecule has 0 spiro atoms. The van der Waals surface area contributed by atoms with Crippen LogP contribution in [0.25, 0.3) is 22.3 Å². The van der Waals surface area contributed by atoms with Crippen molar-refractivity contribution in [3.8, 4) is 22.3 Å². The van der Waals surface area contributed by atoms with Crippen molar-refractivity contribution >= 4 is 35.3 Å². The lowest BCUT2D eigenvalue weighted by Gasteiger charge is -2.15. The number of methoxy groups -OCH3 is 4. The standard InChI is InChI=1S/2C26H31NO6/c2*1-27-26(30)33-16-23-21-14-17(24(28)6-4-12-31-2)8-10-19(21)20-11-9-18(15-22(20)23)25(29)7-5-13-32-3/h2*8-11,14-15,23H,4-7,12-13,16H2,1-3H3,(H,27,30). The maximum absolute atomic E-state index is 12.7. The van der Waals surface area contributed by atoms with E-state index in [9.17, 15) is 28.8 Å². The first-order valence-electron chi connectivity index (χ1n) is 22.3. The van der Waals surface area contributed by atoms with Gasteiger partial charge in [-0.25, -0.2) is 9.59 Å². The van der Waals surface area contributed by atoms with E-state index in [1.54, 1.807) is 28.4 Å². The molecule has 0 saturated heterocycles.